The second kappa shape index (κ2) is 7.52. The fourth-order valence-corrected chi connectivity index (χ4v) is 4.65. The van der Waals surface area contributed by atoms with Gasteiger partial charge in [0.2, 0.25) is 0 Å². The Morgan fingerprint density at radius 1 is 1.08 bits per heavy atom. The van der Waals surface area contributed by atoms with Crippen molar-refractivity contribution in [1.29, 1.82) is 0 Å². The van der Waals surface area contributed by atoms with Gasteiger partial charge in [-0.25, -0.2) is 0 Å². The average Bonchev–Trinajstić information content (AvgIpc) is 2.62. The summed E-state index contributed by atoms with van der Waals surface area (Å²) in [7, 11) is 0. The van der Waals surface area contributed by atoms with Crippen LogP contribution in [0.25, 0.3) is 0 Å². The molecule has 3 N–H and O–H groups in total. The number of carbonyl (C=O) groups is 2. The maximum absolute atomic E-state index is 12.8. The number of rotatable bonds is 3. The predicted molar refractivity (Wildman–Crippen MR) is 98.1 cm³/mol. The minimum absolute atomic E-state index is 0.117. The van der Waals surface area contributed by atoms with Crippen molar-refractivity contribution >= 4 is 35.0 Å². The van der Waals surface area contributed by atoms with E-state index >= 15 is 0 Å². The molecule has 2 amide bonds. The van der Waals surface area contributed by atoms with E-state index in [1.54, 1.807) is 23.1 Å². The molecule has 0 radical (unpaired) electrons. The first kappa shape index (κ1) is 18.5. The Balaban J connectivity index is 1.73. The first-order valence-corrected chi connectivity index (χ1v) is 9.59. The van der Waals surface area contributed by atoms with E-state index in [1.165, 1.54) is 11.3 Å². The Hall–Kier alpha value is -1.30. The molecule has 136 valence electrons. The molecule has 5 nitrogen and oxygen atoms in total. The van der Waals surface area contributed by atoms with Crippen molar-refractivity contribution < 1.29 is 14.5 Å². The van der Waals surface area contributed by atoms with Crippen molar-refractivity contribution in [3.63, 3.8) is 0 Å². The van der Waals surface area contributed by atoms with Crippen LogP contribution in [0.5, 0.6) is 0 Å². The maximum atomic E-state index is 12.8. The quantitative estimate of drug-likeness (QED) is 0.829. The lowest BCUT2D eigenvalue weighted by Gasteiger charge is -2.45. The van der Waals surface area contributed by atoms with Gasteiger partial charge in [-0.15, -0.1) is 0 Å². The van der Waals surface area contributed by atoms with Gasteiger partial charge in [0.15, 0.2) is 5.54 Å². The number of nitrogens with zero attached hydrogens (tertiary/aromatic N) is 1. The van der Waals surface area contributed by atoms with Gasteiger partial charge in [0.25, 0.3) is 11.8 Å². The maximum Gasteiger partial charge on any atom is 0.278 e. The summed E-state index contributed by atoms with van der Waals surface area (Å²) >= 11 is 12.1. The minimum Gasteiger partial charge on any atom is -0.364 e. The zero-order valence-corrected chi connectivity index (χ0v) is 15.7. The molecule has 2 aliphatic rings. The molecule has 0 atom stereocenters. The van der Waals surface area contributed by atoms with Gasteiger partial charge < -0.3 is 15.5 Å². The molecule has 0 spiro atoms. The van der Waals surface area contributed by atoms with Crippen LogP contribution in [0.3, 0.4) is 0 Å². The van der Waals surface area contributed by atoms with Crippen LogP contribution in [0, 0.1) is 0 Å². The van der Waals surface area contributed by atoms with E-state index in [2.05, 4.69) is 0 Å². The van der Waals surface area contributed by atoms with Crippen molar-refractivity contribution in [1.82, 2.24) is 4.90 Å². The SMILES string of the molecule is NC(=O)C1([NH+]2CCCCC2)CCN(C(=O)c2ccc(Cl)cc2Cl)CC1. The van der Waals surface area contributed by atoms with Gasteiger partial charge in [0, 0.05) is 31.0 Å². The molecule has 25 heavy (non-hydrogen) atoms. The largest absolute Gasteiger partial charge is 0.364 e. The second-order valence-electron chi connectivity index (χ2n) is 7.03. The summed E-state index contributed by atoms with van der Waals surface area (Å²) in [6.07, 6.45) is 4.70. The Labute approximate surface area is 158 Å². The number of piperidine rings is 2. The van der Waals surface area contributed by atoms with Crippen LogP contribution >= 0.6 is 23.2 Å². The highest BCUT2D eigenvalue weighted by molar-refractivity contribution is 6.36. The summed E-state index contributed by atoms with van der Waals surface area (Å²) in [6.45, 7) is 3.01. The number of primary amides is 1. The lowest BCUT2D eigenvalue weighted by molar-refractivity contribution is -0.948. The monoisotopic (exact) mass is 384 g/mol. The van der Waals surface area contributed by atoms with E-state index in [4.69, 9.17) is 28.9 Å². The standard InChI is InChI=1S/C18H23Cl2N3O2/c19-13-4-5-14(15(20)12-13)16(24)22-10-6-18(7-11-22,17(21)25)23-8-2-1-3-9-23/h4-5,12H,1-3,6-11H2,(H2,21,25)/p+1. The first-order valence-electron chi connectivity index (χ1n) is 8.83. The zero-order valence-electron chi connectivity index (χ0n) is 14.2. The minimum atomic E-state index is -0.541. The average molecular weight is 385 g/mol. The van der Waals surface area contributed by atoms with E-state index < -0.39 is 5.54 Å². The molecule has 0 aliphatic carbocycles. The van der Waals surface area contributed by atoms with Crippen LogP contribution < -0.4 is 10.6 Å². The Morgan fingerprint density at radius 3 is 2.28 bits per heavy atom. The van der Waals surface area contributed by atoms with Crippen LogP contribution in [0.15, 0.2) is 18.2 Å². The number of likely N-dealkylation sites (tertiary alicyclic amines) is 2. The van der Waals surface area contributed by atoms with Gasteiger partial charge in [0.1, 0.15) is 0 Å². The van der Waals surface area contributed by atoms with E-state index in [-0.39, 0.29) is 11.8 Å². The Morgan fingerprint density at radius 2 is 1.72 bits per heavy atom. The van der Waals surface area contributed by atoms with Crippen LogP contribution in [0.1, 0.15) is 42.5 Å². The predicted octanol–water partition coefficient (Wildman–Crippen LogP) is 1.52. The molecule has 2 saturated heterocycles. The summed E-state index contributed by atoms with van der Waals surface area (Å²) in [4.78, 5) is 28.1. The molecule has 3 rings (SSSR count). The zero-order chi connectivity index (χ0) is 18.0. The molecule has 0 unspecified atom stereocenters. The number of hydrogen-bond donors (Lipinski definition) is 2. The van der Waals surface area contributed by atoms with Gasteiger partial charge in [0.05, 0.1) is 23.7 Å². The number of nitrogens with two attached hydrogens (primary N) is 1. The normalized spacial score (nSPS) is 21.1. The number of nitrogens with one attached hydrogen (secondary N) is 1. The second-order valence-corrected chi connectivity index (χ2v) is 7.87. The fourth-order valence-electron chi connectivity index (χ4n) is 4.16. The number of benzene rings is 1. The molecule has 2 aliphatic heterocycles. The molecule has 0 bridgehead atoms. The highest BCUT2D eigenvalue weighted by Crippen LogP contribution is 2.26. The summed E-state index contributed by atoms with van der Waals surface area (Å²) in [6, 6.07) is 4.89. The van der Waals surface area contributed by atoms with E-state index in [1.807, 2.05) is 0 Å². The number of halogens is 2. The summed E-state index contributed by atoms with van der Waals surface area (Å²) < 4.78 is 0. The third-order valence-corrected chi connectivity index (χ3v) is 6.22. The highest BCUT2D eigenvalue weighted by atomic mass is 35.5. The van der Waals surface area contributed by atoms with Crippen LogP contribution in [-0.4, -0.2) is 48.4 Å². The van der Waals surface area contributed by atoms with E-state index in [0.717, 1.165) is 25.9 Å². The van der Waals surface area contributed by atoms with Gasteiger partial charge in [-0.05, 0) is 37.5 Å². The van der Waals surface area contributed by atoms with Gasteiger partial charge in [-0.3, -0.25) is 9.59 Å². The van der Waals surface area contributed by atoms with Crippen molar-refractivity contribution in [2.75, 3.05) is 26.2 Å². The van der Waals surface area contributed by atoms with Crippen molar-refractivity contribution in [3.8, 4) is 0 Å². The third kappa shape index (κ3) is 3.64. The Bertz CT molecular complexity index is 666. The molecule has 1 aromatic carbocycles. The van der Waals surface area contributed by atoms with E-state index in [9.17, 15) is 9.59 Å². The molecule has 2 fully saturated rings. The number of hydrogen-bond acceptors (Lipinski definition) is 2. The molecular weight excluding hydrogens is 361 g/mol. The number of carbonyl (C=O) groups excluding carboxylic acids is 2. The number of amides is 2. The molecule has 7 heteroatoms. The van der Waals surface area contributed by atoms with Gasteiger partial charge in [-0.1, -0.05) is 23.2 Å². The smallest absolute Gasteiger partial charge is 0.278 e. The van der Waals surface area contributed by atoms with Crippen molar-refractivity contribution in [2.24, 2.45) is 5.73 Å². The lowest BCUT2D eigenvalue weighted by Crippen LogP contribution is -3.22. The summed E-state index contributed by atoms with van der Waals surface area (Å²) in [5, 5.41) is 0.854. The highest BCUT2D eigenvalue weighted by Gasteiger charge is 2.49. The molecule has 0 aromatic heterocycles. The molecular formula is C18H24Cl2N3O2+. The fraction of sp³-hybridized carbons (Fsp3) is 0.556. The topological polar surface area (TPSA) is 67.8 Å². The summed E-state index contributed by atoms with van der Waals surface area (Å²) in [5.74, 6) is -0.352. The van der Waals surface area contributed by atoms with Crippen LogP contribution in [0.4, 0.5) is 0 Å². The lowest BCUT2D eigenvalue weighted by atomic mass is 9.83. The van der Waals surface area contributed by atoms with Crippen LogP contribution in [-0.2, 0) is 4.79 Å². The molecule has 1 aromatic rings. The summed E-state index contributed by atoms with van der Waals surface area (Å²) in [5.41, 5.74) is 5.71. The third-order valence-electron chi connectivity index (χ3n) is 5.67. The first-order chi connectivity index (χ1) is 11.9. The molecule has 2 heterocycles. The molecule has 0 saturated carbocycles. The van der Waals surface area contributed by atoms with Crippen molar-refractivity contribution in [3.05, 3.63) is 33.8 Å². The number of quaternary nitrogens is 1. The van der Waals surface area contributed by atoms with Crippen molar-refractivity contribution in [2.45, 2.75) is 37.6 Å². The van der Waals surface area contributed by atoms with Crippen LogP contribution in [0.2, 0.25) is 10.0 Å². The van der Waals surface area contributed by atoms with Gasteiger partial charge >= 0.3 is 0 Å². The van der Waals surface area contributed by atoms with Gasteiger partial charge in [-0.2, -0.15) is 0 Å². The van der Waals surface area contributed by atoms with E-state index in [0.29, 0.717) is 41.5 Å². The Kier molecular flexibility index (Phi) is 5.56.